The van der Waals surface area contributed by atoms with Crippen LogP contribution in [0.5, 0.6) is 0 Å². The van der Waals surface area contributed by atoms with Gasteiger partial charge in [0.05, 0.1) is 5.60 Å². The van der Waals surface area contributed by atoms with Gasteiger partial charge in [-0.15, -0.1) is 0 Å². The van der Waals surface area contributed by atoms with Gasteiger partial charge in [-0.3, -0.25) is 0 Å². The van der Waals surface area contributed by atoms with Gasteiger partial charge >= 0.3 is 0 Å². The largest absolute Gasteiger partial charge is 0.390 e. The topological polar surface area (TPSA) is 20.2 Å². The summed E-state index contributed by atoms with van der Waals surface area (Å²) in [5.41, 5.74) is 1.07. The Hall–Kier alpha value is -0.820. The minimum atomic E-state index is -0.370. The lowest BCUT2D eigenvalue weighted by Gasteiger charge is -2.35. The van der Waals surface area contributed by atoms with Crippen molar-refractivity contribution in [2.45, 2.75) is 50.5 Å². The Morgan fingerprint density at radius 1 is 1.20 bits per heavy atom. The van der Waals surface area contributed by atoms with Gasteiger partial charge in [0.2, 0.25) is 0 Å². The molecule has 0 unspecified atom stereocenters. The van der Waals surface area contributed by atoms with Gasteiger partial charge in [0.15, 0.2) is 0 Å². The summed E-state index contributed by atoms with van der Waals surface area (Å²) in [5, 5.41) is 10.1. The normalized spacial score (nSPS) is 31.5. The average molecular weight is 204 g/mol. The minimum absolute atomic E-state index is 0.370. The second-order valence-corrected chi connectivity index (χ2v) is 4.76. The van der Waals surface area contributed by atoms with Crippen LogP contribution in [0, 0.1) is 0 Å². The monoisotopic (exact) mass is 204 g/mol. The molecule has 0 atom stereocenters. The predicted octanol–water partition coefficient (Wildman–Crippen LogP) is 3.49. The van der Waals surface area contributed by atoms with E-state index in [2.05, 4.69) is 37.3 Å². The van der Waals surface area contributed by atoms with Crippen LogP contribution in [-0.2, 0) is 0 Å². The molecule has 1 aliphatic carbocycles. The maximum atomic E-state index is 10.1. The molecule has 1 heteroatoms. The summed E-state index contributed by atoms with van der Waals surface area (Å²) >= 11 is 0. The Kier molecular flexibility index (Phi) is 3.11. The van der Waals surface area contributed by atoms with E-state index in [4.69, 9.17) is 0 Å². The zero-order valence-corrected chi connectivity index (χ0v) is 9.45. The van der Waals surface area contributed by atoms with Crippen LogP contribution in [0.1, 0.15) is 50.5 Å². The molecule has 82 valence electrons. The first-order valence-corrected chi connectivity index (χ1v) is 6.01. The summed E-state index contributed by atoms with van der Waals surface area (Å²) in [6.07, 6.45) is 5.09. The highest BCUT2D eigenvalue weighted by molar-refractivity contribution is 5.20. The first-order chi connectivity index (χ1) is 7.23. The summed E-state index contributed by atoms with van der Waals surface area (Å²) < 4.78 is 0. The standard InChI is InChI=1S/C14H20O/c1-2-14(15)10-8-13(9-11-14)12-6-4-3-5-7-12/h3-7,13,15H,2,8-11H2,1H3/t13-,14+. The molecule has 1 nitrogen and oxygen atoms in total. The second-order valence-electron chi connectivity index (χ2n) is 4.76. The van der Waals surface area contributed by atoms with Crippen LogP contribution in [0.2, 0.25) is 0 Å². The molecular formula is C14H20O. The molecule has 2 rings (SSSR count). The van der Waals surface area contributed by atoms with Crippen LogP contribution in [0.3, 0.4) is 0 Å². The molecule has 0 spiro atoms. The van der Waals surface area contributed by atoms with Crippen LogP contribution < -0.4 is 0 Å². The van der Waals surface area contributed by atoms with Crippen molar-refractivity contribution in [1.82, 2.24) is 0 Å². The lowest BCUT2D eigenvalue weighted by Crippen LogP contribution is -2.32. The predicted molar refractivity (Wildman–Crippen MR) is 62.9 cm³/mol. The summed E-state index contributed by atoms with van der Waals surface area (Å²) in [5.74, 6) is 0.665. The Balaban J connectivity index is 2.00. The zero-order valence-electron chi connectivity index (χ0n) is 9.45. The van der Waals surface area contributed by atoms with Crippen molar-refractivity contribution in [1.29, 1.82) is 0 Å². The van der Waals surface area contributed by atoms with E-state index in [-0.39, 0.29) is 5.60 Å². The van der Waals surface area contributed by atoms with E-state index < -0.39 is 0 Å². The van der Waals surface area contributed by atoms with Crippen LogP contribution in [0.15, 0.2) is 30.3 Å². The van der Waals surface area contributed by atoms with Crippen molar-refractivity contribution >= 4 is 0 Å². The number of benzene rings is 1. The molecule has 1 N–H and O–H groups in total. The average Bonchev–Trinajstić information content (AvgIpc) is 2.31. The second kappa shape index (κ2) is 4.36. The van der Waals surface area contributed by atoms with Gasteiger partial charge in [-0.1, -0.05) is 37.3 Å². The Labute approximate surface area is 92.1 Å². The van der Waals surface area contributed by atoms with E-state index in [9.17, 15) is 5.11 Å². The van der Waals surface area contributed by atoms with Crippen molar-refractivity contribution in [3.05, 3.63) is 35.9 Å². The van der Waals surface area contributed by atoms with Gasteiger partial charge in [-0.25, -0.2) is 0 Å². The molecule has 1 aliphatic rings. The molecule has 0 amide bonds. The first kappa shape index (κ1) is 10.7. The van der Waals surface area contributed by atoms with E-state index in [1.165, 1.54) is 5.56 Å². The van der Waals surface area contributed by atoms with Crippen LogP contribution in [0.25, 0.3) is 0 Å². The number of rotatable bonds is 2. The van der Waals surface area contributed by atoms with E-state index in [1.807, 2.05) is 0 Å². The third kappa shape index (κ3) is 2.40. The summed E-state index contributed by atoms with van der Waals surface area (Å²) in [7, 11) is 0. The molecule has 0 aromatic heterocycles. The van der Waals surface area contributed by atoms with Crippen LogP contribution >= 0.6 is 0 Å². The van der Waals surface area contributed by atoms with Crippen molar-refractivity contribution in [3.63, 3.8) is 0 Å². The zero-order chi connectivity index (χ0) is 10.7. The molecule has 0 heterocycles. The van der Waals surface area contributed by atoms with E-state index in [0.29, 0.717) is 5.92 Å². The van der Waals surface area contributed by atoms with Gasteiger partial charge in [-0.05, 0) is 43.6 Å². The van der Waals surface area contributed by atoms with E-state index in [1.54, 1.807) is 0 Å². The molecule has 0 bridgehead atoms. The Morgan fingerprint density at radius 2 is 1.80 bits per heavy atom. The molecule has 0 radical (unpaired) electrons. The lowest BCUT2D eigenvalue weighted by molar-refractivity contribution is -0.00418. The van der Waals surface area contributed by atoms with Gasteiger partial charge in [0, 0.05) is 0 Å². The van der Waals surface area contributed by atoms with Crippen LogP contribution in [0.4, 0.5) is 0 Å². The Morgan fingerprint density at radius 3 is 2.33 bits per heavy atom. The number of hydrogen-bond acceptors (Lipinski definition) is 1. The van der Waals surface area contributed by atoms with Crippen molar-refractivity contribution in [2.24, 2.45) is 0 Å². The smallest absolute Gasteiger partial charge is 0.0645 e. The van der Waals surface area contributed by atoms with Crippen molar-refractivity contribution < 1.29 is 5.11 Å². The van der Waals surface area contributed by atoms with E-state index in [0.717, 1.165) is 32.1 Å². The van der Waals surface area contributed by atoms with Crippen LogP contribution in [-0.4, -0.2) is 10.7 Å². The Bertz CT molecular complexity index is 296. The quantitative estimate of drug-likeness (QED) is 0.782. The van der Waals surface area contributed by atoms with Gasteiger partial charge in [-0.2, -0.15) is 0 Å². The third-order valence-electron chi connectivity index (χ3n) is 3.85. The fourth-order valence-corrected chi connectivity index (χ4v) is 2.57. The van der Waals surface area contributed by atoms with Crippen molar-refractivity contribution in [2.75, 3.05) is 0 Å². The third-order valence-corrected chi connectivity index (χ3v) is 3.85. The molecule has 1 aromatic carbocycles. The lowest BCUT2D eigenvalue weighted by atomic mass is 9.75. The summed E-state index contributed by atoms with van der Waals surface area (Å²) in [4.78, 5) is 0. The molecule has 0 saturated heterocycles. The molecule has 15 heavy (non-hydrogen) atoms. The highest BCUT2D eigenvalue weighted by Crippen LogP contribution is 2.39. The number of aliphatic hydroxyl groups is 1. The molecule has 1 saturated carbocycles. The highest BCUT2D eigenvalue weighted by atomic mass is 16.3. The summed E-state index contributed by atoms with van der Waals surface area (Å²) in [6, 6.07) is 10.7. The van der Waals surface area contributed by atoms with Crippen molar-refractivity contribution in [3.8, 4) is 0 Å². The van der Waals surface area contributed by atoms with Gasteiger partial charge in [0.1, 0.15) is 0 Å². The molecular weight excluding hydrogens is 184 g/mol. The SMILES string of the molecule is CC[C@]1(O)CC[C@@H](c2ccccc2)CC1. The maximum Gasteiger partial charge on any atom is 0.0645 e. The highest BCUT2D eigenvalue weighted by Gasteiger charge is 2.31. The van der Waals surface area contributed by atoms with E-state index >= 15 is 0 Å². The minimum Gasteiger partial charge on any atom is -0.390 e. The number of hydrogen-bond donors (Lipinski definition) is 1. The van der Waals surface area contributed by atoms with Gasteiger partial charge < -0.3 is 5.11 Å². The first-order valence-electron chi connectivity index (χ1n) is 6.01. The molecule has 0 aliphatic heterocycles. The fraction of sp³-hybridized carbons (Fsp3) is 0.571. The van der Waals surface area contributed by atoms with Gasteiger partial charge in [0.25, 0.3) is 0 Å². The molecule has 1 fully saturated rings. The molecule has 1 aromatic rings. The fourth-order valence-electron chi connectivity index (χ4n) is 2.57. The summed E-state index contributed by atoms with van der Waals surface area (Å²) in [6.45, 7) is 2.09. The maximum absolute atomic E-state index is 10.1.